The molecule has 2 heterocycles. The Hall–Kier alpha value is -1.16. The van der Waals surface area contributed by atoms with Crippen LogP contribution in [0.1, 0.15) is 85.5 Å². The highest BCUT2D eigenvalue weighted by atomic mass is 16.6. The maximum Gasteiger partial charge on any atom is 0.305 e. The SMILES string of the molecule is C=CCC12CCOC(=O)CCC(C)(C)C(=O)CCC(C)CCCC1(C)O2. The van der Waals surface area contributed by atoms with Crippen LogP contribution in [0.2, 0.25) is 0 Å². The van der Waals surface area contributed by atoms with E-state index in [0.717, 1.165) is 32.1 Å². The lowest BCUT2D eigenvalue weighted by molar-refractivity contribution is -0.145. The maximum absolute atomic E-state index is 12.5. The summed E-state index contributed by atoms with van der Waals surface area (Å²) in [6.45, 7) is 12.5. The van der Waals surface area contributed by atoms with Gasteiger partial charge in [-0.3, -0.25) is 9.59 Å². The number of carbonyl (C=O) groups excluding carboxylic acids is 2. The fraction of sp³-hybridized carbons (Fsp3) is 0.818. The van der Waals surface area contributed by atoms with E-state index in [0.29, 0.717) is 38.2 Å². The van der Waals surface area contributed by atoms with Crippen LogP contribution < -0.4 is 0 Å². The Morgan fingerprint density at radius 1 is 1.12 bits per heavy atom. The molecule has 0 aliphatic carbocycles. The Bertz CT molecular complexity index is 538. The van der Waals surface area contributed by atoms with Crippen molar-refractivity contribution in [3.8, 4) is 0 Å². The molecule has 4 nitrogen and oxygen atoms in total. The molecule has 2 rings (SSSR count). The fourth-order valence-electron chi connectivity index (χ4n) is 4.20. The molecule has 0 radical (unpaired) electrons. The fourth-order valence-corrected chi connectivity index (χ4v) is 4.20. The maximum atomic E-state index is 12.5. The Balaban J connectivity index is 2.04. The number of hydrogen-bond acceptors (Lipinski definition) is 4. The second-order valence-electron chi connectivity index (χ2n) is 9.13. The molecule has 0 aromatic heterocycles. The van der Waals surface area contributed by atoms with Crippen LogP contribution in [0, 0.1) is 11.3 Å². The van der Waals surface area contributed by atoms with Crippen LogP contribution >= 0.6 is 0 Å². The van der Waals surface area contributed by atoms with Gasteiger partial charge < -0.3 is 9.47 Å². The highest BCUT2D eigenvalue weighted by Gasteiger charge is 2.64. The summed E-state index contributed by atoms with van der Waals surface area (Å²) in [4.78, 5) is 24.6. The van der Waals surface area contributed by atoms with Crippen LogP contribution in [-0.4, -0.2) is 29.6 Å². The van der Waals surface area contributed by atoms with E-state index < -0.39 is 5.41 Å². The van der Waals surface area contributed by atoms with E-state index in [1.54, 1.807) is 0 Å². The molecule has 2 aliphatic heterocycles. The zero-order valence-electron chi connectivity index (χ0n) is 17.1. The van der Waals surface area contributed by atoms with Gasteiger partial charge in [0.05, 0.1) is 12.2 Å². The molecule has 26 heavy (non-hydrogen) atoms. The molecular weight excluding hydrogens is 328 g/mol. The van der Waals surface area contributed by atoms with E-state index >= 15 is 0 Å². The summed E-state index contributed by atoms with van der Waals surface area (Å²) in [5.74, 6) is 0.568. The number of hydrogen-bond donors (Lipinski definition) is 0. The molecule has 0 bridgehead atoms. The molecule has 2 aliphatic rings. The number of cyclic esters (lactones) is 1. The standard InChI is InChI=1S/C22H36O4/c1-6-12-22-15-16-25-19(24)11-14-20(3,4)18(23)10-9-17(2)8-7-13-21(22,5)26-22/h6,17H,1,7-16H2,2-5H3. The van der Waals surface area contributed by atoms with E-state index in [9.17, 15) is 9.59 Å². The van der Waals surface area contributed by atoms with Crippen molar-refractivity contribution in [2.75, 3.05) is 6.61 Å². The molecule has 0 saturated carbocycles. The van der Waals surface area contributed by atoms with E-state index in [1.807, 2.05) is 19.9 Å². The van der Waals surface area contributed by atoms with Gasteiger partial charge in [0.2, 0.25) is 0 Å². The number of Topliss-reactive ketones (excluding diaryl/α,β-unsaturated/α-hetero) is 1. The quantitative estimate of drug-likeness (QED) is 0.393. The summed E-state index contributed by atoms with van der Waals surface area (Å²) in [6, 6.07) is 0. The van der Waals surface area contributed by atoms with Gasteiger partial charge in [0.15, 0.2) is 0 Å². The average molecular weight is 365 g/mol. The summed E-state index contributed by atoms with van der Waals surface area (Å²) in [5, 5.41) is 0. The molecular formula is C22H36O4. The smallest absolute Gasteiger partial charge is 0.305 e. The topological polar surface area (TPSA) is 55.9 Å². The number of esters is 1. The first-order valence-corrected chi connectivity index (χ1v) is 10.1. The monoisotopic (exact) mass is 364 g/mol. The number of epoxide rings is 1. The van der Waals surface area contributed by atoms with E-state index in [1.165, 1.54) is 0 Å². The molecule has 148 valence electrons. The zero-order valence-corrected chi connectivity index (χ0v) is 17.1. The number of carbonyl (C=O) groups is 2. The summed E-state index contributed by atoms with van der Waals surface area (Å²) >= 11 is 0. The Kier molecular flexibility index (Phi) is 6.70. The Morgan fingerprint density at radius 2 is 1.85 bits per heavy atom. The van der Waals surface area contributed by atoms with E-state index in [-0.39, 0.29) is 23.0 Å². The van der Waals surface area contributed by atoms with Crippen LogP contribution in [0.3, 0.4) is 0 Å². The van der Waals surface area contributed by atoms with Crippen molar-refractivity contribution in [3.63, 3.8) is 0 Å². The van der Waals surface area contributed by atoms with Gasteiger partial charge in [0.25, 0.3) is 0 Å². The van der Waals surface area contributed by atoms with Crippen molar-refractivity contribution < 1.29 is 19.1 Å². The molecule has 4 heteroatoms. The minimum absolute atomic E-state index is 0.151. The van der Waals surface area contributed by atoms with Crippen molar-refractivity contribution in [1.29, 1.82) is 0 Å². The first kappa shape index (κ1) is 21.1. The molecule has 2 saturated heterocycles. The van der Waals surface area contributed by atoms with Crippen LogP contribution in [0.15, 0.2) is 12.7 Å². The summed E-state index contributed by atoms with van der Waals surface area (Å²) in [6.07, 6.45) is 8.96. The third-order valence-electron chi connectivity index (χ3n) is 6.51. The second kappa shape index (κ2) is 8.24. The lowest BCUT2D eigenvalue weighted by atomic mass is 9.80. The number of ketones is 1. The molecule has 3 unspecified atom stereocenters. The van der Waals surface area contributed by atoms with Gasteiger partial charge in [-0.2, -0.15) is 0 Å². The van der Waals surface area contributed by atoms with Crippen molar-refractivity contribution in [2.45, 2.75) is 96.7 Å². The van der Waals surface area contributed by atoms with E-state index in [4.69, 9.17) is 9.47 Å². The van der Waals surface area contributed by atoms with Crippen LogP contribution in [-0.2, 0) is 19.1 Å². The lowest BCUT2D eigenvalue weighted by Gasteiger charge is -2.24. The van der Waals surface area contributed by atoms with Crippen molar-refractivity contribution in [3.05, 3.63) is 12.7 Å². The number of ether oxygens (including phenoxy) is 2. The highest BCUT2D eigenvalue weighted by molar-refractivity contribution is 5.84. The first-order chi connectivity index (χ1) is 12.1. The molecule has 0 spiro atoms. The summed E-state index contributed by atoms with van der Waals surface area (Å²) < 4.78 is 11.6. The zero-order chi connectivity index (χ0) is 19.4. The normalized spacial score (nSPS) is 36.7. The van der Waals surface area contributed by atoms with Crippen molar-refractivity contribution in [2.24, 2.45) is 11.3 Å². The van der Waals surface area contributed by atoms with Crippen LogP contribution in [0.4, 0.5) is 0 Å². The van der Waals surface area contributed by atoms with Gasteiger partial charge in [-0.25, -0.2) is 0 Å². The highest BCUT2D eigenvalue weighted by Crippen LogP contribution is 2.55. The molecule has 0 aromatic carbocycles. The van der Waals surface area contributed by atoms with Crippen molar-refractivity contribution in [1.82, 2.24) is 0 Å². The first-order valence-electron chi connectivity index (χ1n) is 10.1. The summed E-state index contributed by atoms with van der Waals surface area (Å²) in [7, 11) is 0. The molecule has 0 N–H and O–H groups in total. The Morgan fingerprint density at radius 3 is 2.54 bits per heavy atom. The predicted octanol–water partition coefficient (Wildman–Crippen LogP) is 5.00. The molecule has 0 amide bonds. The lowest BCUT2D eigenvalue weighted by Crippen LogP contribution is -2.28. The molecule has 3 atom stereocenters. The minimum Gasteiger partial charge on any atom is -0.466 e. The van der Waals surface area contributed by atoms with Crippen LogP contribution in [0.5, 0.6) is 0 Å². The van der Waals surface area contributed by atoms with Gasteiger partial charge in [0.1, 0.15) is 11.4 Å². The van der Waals surface area contributed by atoms with Crippen LogP contribution in [0.25, 0.3) is 0 Å². The molecule has 2 fully saturated rings. The predicted molar refractivity (Wildman–Crippen MR) is 103 cm³/mol. The third kappa shape index (κ3) is 4.97. The Labute approximate surface area is 158 Å². The number of rotatable bonds is 2. The van der Waals surface area contributed by atoms with E-state index in [2.05, 4.69) is 20.4 Å². The van der Waals surface area contributed by atoms with Gasteiger partial charge >= 0.3 is 5.97 Å². The van der Waals surface area contributed by atoms with Gasteiger partial charge in [-0.15, -0.1) is 6.58 Å². The summed E-state index contributed by atoms with van der Waals surface area (Å²) in [5.41, 5.74) is -0.842. The third-order valence-corrected chi connectivity index (χ3v) is 6.51. The average Bonchev–Trinajstić information content (AvgIpc) is 3.14. The minimum atomic E-state index is -0.460. The van der Waals surface area contributed by atoms with Gasteiger partial charge in [-0.05, 0) is 38.5 Å². The number of fused-ring (bicyclic) bond motifs is 1. The van der Waals surface area contributed by atoms with Gasteiger partial charge in [0, 0.05) is 24.7 Å². The largest absolute Gasteiger partial charge is 0.466 e. The molecule has 0 aromatic rings. The van der Waals surface area contributed by atoms with Gasteiger partial charge in [-0.1, -0.05) is 39.7 Å². The second-order valence-corrected chi connectivity index (χ2v) is 9.13. The van der Waals surface area contributed by atoms with Crippen molar-refractivity contribution >= 4 is 11.8 Å².